The Kier molecular flexibility index (Phi) is 6.26. The van der Waals surface area contributed by atoms with Crippen LogP contribution in [0, 0.1) is 0 Å². The van der Waals surface area contributed by atoms with E-state index in [1.165, 1.54) is 0 Å². The van der Waals surface area contributed by atoms with Crippen LogP contribution in [-0.4, -0.2) is 17.3 Å². The number of hydrogen-bond donors (Lipinski definition) is 1. The zero-order valence-electron chi connectivity index (χ0n) is 11.5. The Hall–Kier alpha value is -1.12. The van der Waals surface area contributed by atoms with Crippen LogP contribution in [0.5, 0.6) is 5.75 Å². The van der Waals surface area contributed by atoms with Crippen LogP contribution in [-0.2, 0) is 22.2 Å². The Labute approximate surface area is 114 Å². The normalized spacial score (nSPS) is 13.8. The van der Waals surface area contributed by atoms with Gasteiger partial charge in [0.25, 0.3) is 0 Å². The molecule has 0 aromatic heterocycles. The van der Waals surface area contributed by atoms with Crippen molar-refractivity contribution < 1.29 is 18.8 Å². The first-order chi connectivity index (χ1) is 9.04. The molecular formula is C14H21O4P. The molecule has 19 heavy (non-hydrogen) atoms. The average Bonchev–Trinajstić information content (AvgIpc) is 2.33. The van der Waals surface area contributed by atoms with E-state index in [9.17, 15) is 14.3 Å². The number of aldehydes is 1. The molecule has 0 amide bonds. The van der Waals surface area contributed by atoms with Crippen LogP contribution in [0.2, 0.25) is 0 Å². The van der Waals surface area contributed by atoms with E-state index in [1.54, 1.807) is 6.07 Å². The van der Waals surface area contributed by atoms with Crippen LogP contribution < -0.4 is 4.52 Å². The van der Waals surface area contributed by atoms with Gasteiger partial charge >= 0.3 is 7.60 Å². The van der Waals surface area contributed by atoms with E-state index in [0.29, 0.717) is 12.0 Å². The maximum Gasteiger partial charge on any atom is 0.383 e. The summed E-state index contributed by atoms with van der Waals surface area (Å²) in [5.74, 6) is 0.431. The summed E-state index contributed by atoms with van der Waals surface area (Å²) in [5.41, 5.74) is 2.12. The fourth-order valence-electron chi connectivity index (χ4n) is 2.02. The minimum Gasteiger partial charge on any atom is -0.424 e. The molecule has 1 atom stereocenters. The number of benzene rings is 1. The van der Waals surface area contributed by atoms with E-state index in [4.69, 9.17) is 4.52 Å². The Balaban J connectivity index is 3.08. The van der Waals surface area contributed by atoms with Gasteiger partial charge in [-0.2, -0.15) is 0 Å². The topological polar surface area (TPSA) is 63.6 Å². The molecule has 1 unspecified atom stereocenters. The Morgan fingerprint density at radius 2 is 1.95 bits per heavy atom. The van der Waals surface area contributed by atoms with Crippen LogP contribution in [0.3, 0.4) is 0 Å². The van der Waals surface area contributed by atoms with Gasteiger partial charge < -0.3 is 14.2 Å². The van der Waals surface area contributed by atoms with Gasteiger partial charge in [-0.3, -0.25) is 0 Å². The van der Waals surface area contributed by atoms with Crippen LogP contribution in [0.4, 0.5) is 0 Å². The third-order valence-electron chi connectivity index (χ3n) is 2.80. The largest absolute Gasteiger partial charge is 0.424 e. The number of rotatable bonds is 8. The van der Waals surface area contributed by atoms with Crippen LogP contribution in [0.15, 0.2) is 18.2 Å². The lowest BCUT2D eigenvalue weighted by atomic mass is 9.99. The van der Waals surface area contributed by atoms with Crippen molar-refractivity contribution in [3.8, 4) is 5.75 Å². The van der Waals surface area contributed by atoms with Gasteiger partial charge in [0.05, 0.1) is 0 Å². The first-order valence-corrected chi connectivity index (χ1v) is 8.36. The second-order valence-corrected chi connectivity index (χ2v) is 6.29. The smallest absolute Gasteiger partial charge is 0.383 e. The molecule has 0 radical (unpaired) electrons. The van der Waals surface area contributed by atoms with Gasteiger partial charge in [0.2, 0.25) is 0 Å². The average molecular weight is 284 g/mol. The lowest BCUT2D eigenvalue weighted by molar-refractivity contribution is -0.106. The fraction of sp³-hybridized carbons (Fsp3) is 0.500. The monoisotopic (exact) mass is 284 g/mol. The molecule has 0 aliphatic rings. The third kappa shape index (κ3) is 4.81. The Morgan fingerprint density at radius 1 is 1.26 bits per heavy atom. The van der Waals surface area contributed by atoms with Crippen LogP contribution in [0.1, 0.15) is 37.8 Å². The molecule has 0 bridgehead atoms. The van der Waals surface area contributed by atoms with E-state index in [0.717, 1.165) is 36.8 Å². The van der Waals surface area contributed by atoms with Crippen molar-refractivity contribution in [2.24, 2.45) is 0 Å². The molecule has 1 aromatic carbocycles. The highest BCUT2D eigenvalue weighted by Gasteiger charge is 2.22. The van der Waals surface area contributed by atoms with Crippen molar-refractivity contribution in [3.05, 3.63) is 29.3 Å². The van der Waals surface area contributed by atoms with Gasteiger partial charge in [0.15, 0.2) is 0 Å². The molecule has 1 rings (SSSR count). The van der Waals surface area contributed by atoms with E-state index >= 15 is 0 Å². The van der Waals surface area contributed by atoms with E-state index in [2.05, 4.69) is 13.8 Å². The quantitative estimate of drug-likeness (QED) is 0.587. The summed E-state index contributed by atoms with van der Waals surface area (Å²) in [5, 5.41) is 0. The summed E-state index contributed by atoms with van der Waals surface area (Å²) in [4.78, 5) is 20.0. The lowest BCUT2D eigenvalue weighted by Gasteiger charge is -2.17. The Bertz CT molecular complexity index is 471. The number of carbonyl (C=O) groups is 1. The third-order valence-corrected chi connectivity index (χ3v) is 3.89. The zero-order chi connectivity index (χ0) is 14.3. The second kappa shape index (κ2) is 7.46. The maximum absolute atomic E-state index is 11.7. The Morgan fingerprint density at radius 3 is 2.53 bits per heavy atom. The highest BCUT2D eigenvalue weighted by molar-refractivity contribution is 7.54. The van der Waals surface area contributed by atoms with Gasteiger partial charge in [-0.15, -0.1) is 0 Å². The molecule has 106 valence electrons. The fourth-order valence-corrected chi connectivity index (χ4v) is 2.76. The molecule has 0 aliphatic heterocycles. The summed E-state index contributed by atoms with van der Waals surface area (Å²) >= 11 is 0. The van der Waals surface area contributed by atoms with Crippen molar-refractivity contribution >= 4 is 13.9 Å². The van der Waals surface area contributed by atoms with Crippen molar-refractivity contribution in [2.75, 3.05) is 6.16 Å². The molecular weight excluding hydrogens is 263 g/mol. The first kappa shape index (κ1) is 15.9. The lowest BCUT2D eigenvalue weighted by Crippen LogP contribution is -2.03. The highest BCUT2D eigenvalue weighted by Crippen LogP contribution is 2.43. The highest BCUT2D eigenvalue weighted by atomic mass is 31.2. The summed E-state index contributed by atoms with van der Waals surface area (Å²) in [7, 11) is -3.87. The second-order valence-electron chi connectivity index (χ2n) is 4.47. The minimum atomic E-state index is -3.87. The van der Waals surface area contributed by atoms with E-state index in [1.807, 2.05) is 12.1 Å². The molecule has 0 heterocycles. The van der Waals surface area contributed by atoms with E-state index in [-0.39, 0.29) is 0 Å². The summed E-state index contributed by atoms with van der Waals surface area (Å²) < 4.78 is 16.9. The number of aryl methyl sites for hydroxylation is 1. The number of hydrogen-bond acceptors (Lipinski definition) is 3. The van der Waals surface area contributed by atoms with E-state index < -0.39 is 13.8 Å². The SMILES string of the molecule is CCCc1cccc(OP(=O)(O)CC=O)c1CCC. The minimum absolute atomic E-state index is 0.413. The van der Waals surface area contributed by atoms with Crippen molar-refractivity contribution in [2.45, 2.75) is 39.5 Å². The summed E-state index contributed by atoms with van der Waals surface area (Å²) in [6, 6.07) is 5.53. The predicted molar refractivity (Wildman–Crippen MR) is 75.8 cm³/mol. The first-order valence-electron chi connectivity index (χ1n) is 6.59. The van der Waals surface area contributed by atoms with Gasteiger partial charge in [-0.25, -0.2) is 4.57 Å². The van der Waals surface area contributed by atoms with Crippen molar-refractivity contribution in [1.82, 2.24) is 0 Å². The molecule has 0 aliphatic carbocycles. The van der Waals surface area contributed by atoms with Crippen molar-refractivity contribution in [1.29, 1.82) is 0 Å². The van der Waals surface area contributed by atoms with Gasteiger partial charge in [0.1, 0.15) is 18.2 Å². The van der Waals surface area contributed by atoms with Crippen molar-refractivity contribution in [3.63, 3.8) is 0 Å². The zero-order valence-corrected chi connectivity index (χ0v) is 12.4. The maximum atomic E-state index is 11.7. The molecule has 1 aromatic rings. The number of carbonyl (C=O) groups excluding carboxylic acids is 1. The molecule has 0 fully saturated rings. The molecule has 0 saturated carbocycles. The van der Waals surface area contributed by atoms with Crippen LogP contribution in [0.25, 0.3) is 0 Å². The standard InChI is InChI=1S/C14H21O4P/c1-3-6-12-8-5-9-14(13(12)7-4-2)18-19(16,17)11-10-15/h5,8-10H,3-4,6-7,11H2,1-2H3,(H,16,17). The molecule has 1 N–H and O–H groups in total. The predicted octanol–water partition coefficient (Wildman–Crippen LogP) is 3.35. The summed E-state index contributed by atoms with van der Waals surface area (Å²) in [6.07, 6.45) is 3.58. The molecule has 0 spiro atoms. The van der Waals surface area contributed by atoms with Gasteiger partial charge in [-0.05, 0) is 30.0 Å². The molecule has 4 nitrogen and oxygen atoms in total. The van der Waals surface area contributed by atoms with Crippen LogP contribution >= 0.6 is 7.60 Å². The van der Waals surface area contributed by atoms with Gasteiger partial charge in [-0.1, -0.05) is 38.8 Å². The molecule has 5 heteroatoms. The summed E-state index contributed by atoms with van der Waals surface area (Å²) in [6.45, 7) is 4.14. The van der Waals surface area contributed by atoms with Gasteiger partial charge in [0, 0.05) is 0 Å². The molecule has 0 saturated heterocycles.